The number of ether oxygens (including phenoxy) is 1. The van der Waals surface area contributed by atoms with Crippen LogP contribution in [0, 0.1) is 0 Å². The molecule has 0 saturated carbocycles. The molecule has 16 heavy (non-hydrogen) atoms. The average Bonchev–Trinajstić information content (AvgIpc) is 2.26. The number of hydrogen-bond donors (Lipinski definition) is 0. The zero-order valence-electron chi connectivity index (χ0n) is 10.1. The van der Waals surface area contributed by atoms with Gasteiger partial charge in [-0.25, -0.2) is 0 Å². The van der Waals surface area contributed by atoms with Gasteiger partial charge in [-0.15, -0.1) is 0 Å². The second kappa shape index (κ2) is 5.55. The summed E-state index contributed by atoms with van der Waals surface area (Å²) in [5.74, 6) is 0. The van der Waals surface area contributed by atoms with E-state index in [4.69, 9.17) is 4.74 Å². The van der Waals surface area contributed by atoms with E-state index >= 15 is 0 Å². The average molecular weight is 285 g/mol. The van der Waals surface area contributed by atoms with Gasteiger partial charge >= 0.3 is 0 Å². The summed E-state index contributed by atoms with van der Waals surface area (Å²) >= 11 is 3.50. The lowest BCUT2D eigenvalue weighted by atomic mass is 10.1. The van der Waals surface area contributed by atoms with Gasteiger partial charge in [0.05, 0.1) is 6.04 Å². The first-order valence-corrected chi connectivity index (χ1v) is 6.01. The van der Waals surface area contributed by atoms with E-state index in [1.54, 1.807) is 7.11 Å². The van der Waals surface area contributed by atoms with Gasteiger partial charge in [-0.1, -0.05) is 34.1 Å². The minimum absolute atomic E-state index is 0.164. The van der Waals surface area contributed by atoms with E-state index in [2.05, 4.69) is 26.2 Å². The molecule has 1 rings (SSSR count). The number of benzene rings is 1. The summed E-state index contributed by atoms with van der Waals surface area (Å²) in [7, 11) is 1.64. The quantitative estimate of drug-likeness (QED) is 0.766. The molecule has 0 N–H and O–H groups in total. The lowest BCUT2D eigenvalue weighted by Gasteiger charge is -2.24. The van der Waals surface area contributed by atoms with Gasteiger partial charge in [0.2, 0.25) is 5.72 Å². The van der Waals surface area contributed by atoms with Crippen LogP contribution in [0.2, 0.25) is 0 Å². The zero-order chi connectivity index (χ0) is 12.2. The van der Waals surface area contributed by atoms with Crippen LogP contribution in [0.1, 0.15) is 26.3 Å². The van der Waals surface area contributed by atoms with Crippen molar-refractivity contribution in [2.24, 2.45) is 10.2 Å². The smallest absolute Gasteiger partial charge is 0.202 e. The van der Waals surface area contributed by atoms with Crippen molar-refractivity contribution >= 4 is 15.9 Å². The molecule has 0 aliphatic heterocycles. The van der Waals surface area contributed by atoms with E-state index in [1.165, 1.54) is 0 Å². The van der Waals surface area contributed by atoms with Crippen LogP contribution < -0.4 is 0 Å². The van der Waals surface area contributed by atoms with E-state index < -0.39 is 5.72 Å². The highest BCUT2D eigenvalue weighted by molar-refractivity contribution is 9.10. The second-order valence-electron chi connectivity index (χ2n) is 3.98. The maximum Gasteiger partial charge on any atom is 0.202 e. The monoisotopic (exact) mass is 284 g/mol. The first-order chi connectivity index (χ1) is 7.49. The first-order valence-electron chi connectivity index (χ1n) is 5.22. The minimum atomic E-state index is -0.732. The number of rotatable bonds is 4. The molecular formula is C12H17BrN2O. The van der Waals surface area contributed by atoms with Crippen LogP contribution in [0.4, 0.5) is 0 Å². The van der Waals surface area contributed by atoms with Crippen LogP contribution in [0.3, 0.4) is 0 Å². The van der Waals surface area contributed by atoms with Crippen LogP contribution in [0.5, 0.6) is 0 Å². The predicted octanol–water partition coefficient (Wildman–Crippen LogP) is 4.13. The van der Waals surface area contributed by atoms with Crippen molar-refractivity contribution < 1.29 is 4.74 Å². The van der Waals surface area contributed by atoms with E-state index in [0.29, 0.717) is 0 Å². The summed E-state index contributed by atoms with van der Waals surface area (Å²) in [5, 5.41) is 8.44. The van der Waals surface area contributed by atoms with Gasteiger partial charge in [0, 0.05) is 17.1 Å². The van der Waals surface area contributed by atoms with Crippen molar-refractivity contribution in [2.45, 2.75) is 32.5 Å². The van der Waals surface area contributed by atoms with Crippen molar-refractivity contribution in [3.63, 3.8) is 0 Å². The van der Waals surface area contributed by atoms with Crippen LogP contribution in [0.15, 0.2) is 39.0 Å². The Kier molecular flexibility index (Phi) is 4.62. The number of methoxy groups -OCH3 is 1. The number of azo groups is 1. The second-order valence-corrected chi connectivity index (χ2v) is 4.83. The van der Waals surface area contributed by atoms with E-state index in [0.717, 1.165) is 10.0 Å². The van der Waals surface area contributed by atoms with Crippen LogP contribution in [-0.2, 0) is 10.5 Å². The van der Waals surface area contributed by atoms with Gasteiger partial charge in [-0.3, -0.25) is 0 Å². The lowest BCUT2D eigenvalue weighted by Crippen LogP contribution is -2.22. The normalized spacial score (nSPS) is 15.6. The molecule has 4 heteroatoms. The third kappa shape index (κ3) is 3.12. The number of hydrogen-bond acceptors (Lipinski definition) is 3. The Bertz CT molecular complexity index is 379. The summed E-state index contributed by atoms with van der Waals surface area (Å²) in [6, 6.07) is 8.03. The summed E-state index contributed by atoms with van der Waals surface area (Å²) in [6.07, 6.45) is 0. The standard InChI is InChI=1S/C12H17BrN2O/c1-9(2)14-15-12(3,16-4)10-7-5-6-8-11(10)13/h5-9H,1-4H3. The van der Waals surface area contributed by atoms with Gasteiger partial charge in [0.15, 0.2) is 0 Å². The predicted molar refractivity (Wildman–Crippen MR) is 68.5 cm³/mol. The Morgan fingerprint density at radius 2 is 1.94 bits per heavy atom. The van der Waals surface area contributed by atoms with E-state index in [9.17, 15) is 0 Å². The maximum absolute atomic E-state index is 5.46. The van der Waals surface area contributed by atoms with Gasteiger partial charge in [-0.05, 0) is 26.8 Å². The molecule has 0 spiro atoms. The molecule has 0 radical (unpaired) electrons. The van der Waals surface area contributed by atoms with Gasteiger partial charge in [0.1, 0.15) is 0 Å². The Morgan fingerprint density at radius 1 is 1.31 bits per heavy atom. The largest absolute Gasteiger partial charge is 0.352 e. The SMILES string of the molecule is COC(C)(N=NC(C)C)c1ccccc1Br. The van der Waals surface area contributed by atoms with Crippen molar-refractivity contribution in [1.82, 2.24) is 0 Å². The van der Waals surface area contributed by atoms with Crippen LogP contribution >= 0.6 is 15.9 Å². The fourth-order valence-electron chi connectivity index (χ4n) is 1.27. The molecule has 0 bridgehead atoms. The molecule has 3 nitrogen and oxygen atoms in total. The van der Waals surface area contributed by atoms with E-state index in [1.807, 2.05) is 45.0 Å². The molecule has 0 aliphatic rings. The molecule has 0 aliphatic carbocycles. The summed E-state index contributed by atoms with van der Waals surface area (Å²) in [6.45, 7) is 5.87. The van der Waals surface area contributed by atoms with Crippen LogP contribution in [0.25, 0.3) is 0 Å². The molecule has 0 saturated heterocycles. The summed E-state index contributed by atoms with van der Waals surface area (Å²) < 4.78 is 6.44. The molecule has 0 amide bonds. The highest BCUT2D eigenvalue weighted by atomic mass is 79.9. The Morgan fingerprint density at radius 3 is 2.44 bits per heavy atom. The Hall–Kier alpha value is -0.740. The molecular weight excluding hydrogens is 268 g/mol. The summed E-state index contributed by atoms with van der Waals surface area (Å²) in [4.78, 5) is 0. The minimum Gasteiger partial charge on any atom is -0.352 e. The molecule has 88 valence electrons. The highest BCUT2D eigenvalue weighted by Crippen LogP contribution is 2.32. The highest BCUT2D eigenvalue weighted by Gasteiger charge is 2.27. The maximum atomic E-state index is 5.46. The van der Waals surface area contributed by atoms with Crippen molar-refractivity contribution in [3.05, 3.63) is 34.3 Å². The Labute approximate surface area is 105 Å². The zero-order valence-corrected chi connectivity index (χ0v) is 11.7. The van der Waals surface area contributed by atoms with Gasteiger partial charge in [-0.2, -0.15) is 10.2 Å². The molecule has 1 aromatic rings. The molecule has 1 unspecified atom stereocenters. The molecule has 1 aromatic carbocycles. The lowest BCUT2D eigenvalue weighted by molar-refractivity contribution is 0.00174. The number of halogens is 1. The van der Waals surface area contributed by atoms with Crippen molar-refractivity contribution in [1.29, 1.82) is 0 Å². The van der Waals surface area contributed by atoms with Crippen molar-refractivity contribution in [3.8, 4) is 0 Å². The fourth-order valence-corrected chi connectivity index (χ4v) is 1.92. The molecule has 0 heterocycles. The van der Waals surface area contributed by atoms with Crippen molar-refractivity contribution in [2.75, 3.05) is 7.11 Å². The van der Waals surface area contributed by atoms with E-state index in [-0.39, 0.29) is 6.04 Å². The molecule has 1 atom stereocenters. The topological polar surface area (TPSA) is 34.0 Å². The first kappa shape index (κ1) is 13.3. The fraction of sp³-hybridized carbons (Fsp3) is 0.500. The third-order valence-electron chi connectivity index (χ3n) is 2.25. The van der Waals surface area contributed by atoms with Gasteiger partial charge in [0.25, 0.3) is 0 Å². The molecule has 0 aromatic heterocycles. The van der Waals surface area contributed by atoms with Gasteiger partial charge < -0.3 is 4.74 Å². The number of nitrogens with zero attached hydrogens (tertiary/aromatic N) is 2. The Balaban J connectivity index is 3.10. The summed E-state index contributed by atoms with van der Waals surface area (Å²) in [5.41, 5.74) is 0.242. The third-order valence-corrected chi connectivity index (χ3v) is 2.94. The molecule has 0 fully saturated rings. The van der Waals surface area contributed by atoms with Crippen LogP contribution in [-0.4, -0.2) is 13.2 Å².